The SMILES string of the molecule is CC1(c2ccc(C3(C)CS3)cc2)CS1. The molecule has 0 saturated carbocycles. The second-order valence-corrected chi connectivity index (χ2v) is 7.57. The average molecular weight is 222 g/mol. The van der Waals surface area contributed by atoms with E-state index in [4.69, 9.17) is 0 Å². The Kier molecular flexibility index (Phi) is 1.79. The standard InChI is InChI=1S/C12H14S2/c1-11(7-13-11)9-3-5-10(6-4-9)12(2)8-14-12/h3-6H,7-8H2,1-2H3. The molecule has 0 bridgehead atoms. The molecule has 2 aliphatic rings. The van der Waals surface area contributed by atoms with E-state index >= 15 is 0 Å². The summed E-state index contributed by atoms with van der Waals surface area (Å²) in [6, 6.07) is 9.28. The molecular formula is C12H14S2. The van der Waals surface area contributed by atoms with Gasteiger partial charge in [0.05, 0.1) is 0 Å². The van der Waals surface area contributed by atoms with E-state index < -0.39 is 0 Å². The van der Waals surface area contributed by atoms with Gasteiger partial charge < -0.3 is 0 Å². The third-order valence-corrected chi connectivity index (χ3v) is 6.04. The van der Waals surface area contributed by atoms with E-state index in [9.17, 15) is 0 Å². The molecule has 2 heterocycles. The minimum atomic E-state index is 0.441. The maximum atomic E-state index is 2.33. The molecule has 2 aliphatic heterocycles. The summed E-state index contributed by atoms with van der Waals surface area (Å²) < 4.78 is 0.881. The summed E-state index contributed by atoms with van der Waals surface area (Å²) in [5.74, 6) is 2.58. The summed E-state index contributed by atoms with van der Waals surface area (Å²) in [4.78, 5) is 0. The second kappa shape index (κ2) is 2.73. The van der Waals surface area contributed by atoms with E-state index in [0.29, 0.717) is 9.49 Å². The maximum Gasteiger partial charge on any atom is 0.0471 e. The van der Waals surface area contributed by atoms with Crippen LogP contribution in [-0.4, -0.2) is 11.5 Å². The van der Waals surface area contributed by atoms with Crippen LogP contribution in [0.2, 0.25) is 0 Å². The lowest BCUT2D eigenvalue weighted by Crippen LogP contribution is -2.03. The van der Waals surface area contributed by atoms with Gasteiger partial charge in [0.2, 0.25) is 0 Å². The molecule has 0 radical (unpaired) electrons. The highest BCUT2D eigenvalue weighted by Crippen LogP contribution is 2.55. The van der Waals surface area contributed by atoms with Crippen molar-refractivity contribution < 1.29 is 0 Å². The molecule has 0 spiro atoms. The molecule has 0 aromatic heterocycles. The Morgan fingerprint density at radius 3 is 1.36 bits per heavy atom. The van der Waals surface area contributed by atoms with Crippen LogP contribution in [0.3, 0.4) is 0 Å². The van der Waals surface area contributed by atoms with E-state index in [0.717, 1.165) is 0 Å². The normalized spacial score (nSPS) is 39.6. The minimum absolute atomic E-state index is 0.441. The van der Waals surface area contributed by atoms with Crippen molar-refractivity contribution in [2.75, 3.05) is 11.5 Å². The summed E-state index contributed by atoms with van der Waals surface area (Å²) in [5, 5.41) is 0. The average Bonchev–Trinajstić information content (AvgIpc) is 3.08. The summed E-state index contributed by atoms with van der Waals surface area (Å²) in [6.45, 7) is 4.67. The smallest absolute Gasteiger partial charge is 0.0471 e. The van der Waals surface area contributed by atoms with Gasteiger partial charge in [0, 0.05) is 21.0 Å². The van der Waals surface area contributed by atoms with Crippen molar-refractivity contribution in [1.29, 1.82) is 0 Å². The Bertz CT molecular complexity index is 321. The Morgan fingerprint density at radius 2 is 1.14 bits per heavy atom. The molecule has 2 heteroatoms. The molecule has 2 saturated heterocycles. The van der Waals surface area contributed by atoms with Crippen molar-refractivity contribution in [3.63, 3.8) is 0 Å². The van der Waals surface area contributed by atoms with Crippen LogP contribution in [0.15, 0.2) is 24.3 Å². The number of hydrogen-bond acceptors (Lipinski definition) is 2. The predicted molar refractivity (Wildman–Crippen MR) is 66.1 cm³/mol. The number of hydrogen-bond donors (Lipinski definition) is 0. The van der Waals surface area contributed by atoms with Gasteiger partial charge in [-0.2, -0.15) is 0 Å². The molecule has 0 amide bonds. The summed E-state index contributed by atoms with van der Waals surface area (Å²) in [7, 11) is 0. The largest absolute Gasteiger partial charge is 0.148 e. The van der Waals surface area contributed by atoms with Gasteiger partial charge in [0.15, 0.2) is 0 Å². The fourth-order valence-corrected chi connectivity index (χ4v) is 3.10. The molecule has 0 aliphatic carbocycles. The van der Waals surface area contributed by atoms with Gasteiger partial charge in [0.25, 0.3) is 0 Å². The topological polar surface area (TPSA) is 0 Å². The maximum absolute atomic E-state index is 2.33. The third-order valence-electron chi connectivity index (χ3n) is 3.26. The number of benzene rings is 1. The Labute approximate surface area is 93.9 Å². The third kappa shape index (κ3) is 1.40. The lowest BCUT2D eigenvalue weighted by atomic mass is 9.97. The molecule has 2 unspecified atom stereocenters. The first-order valence-corrected chi connectivity index (χ1v) is 6.99. The Balaban J connectivity index is 1.91. The zero-order valence-electron chi connectivity index (χ0n) is 8.54. The first-order valence-electron chi connectivity index (χ1n) is 5.01. The van der Waals surface area contributed by atoms with Crippen molar-refractivity contribution in [2.45, 2.75) is 23.3 Å². The summed E-state index contributed by atoms with van der Waals surface area (Å²) in [5.41, 5.74) is 3.00. The van der Waals surface area contributed by atoms with Gasteiger partial charge in [0.1, 0.15) is 0 Å². The predicted octanol–water partition coefficient (Wildman–Crippen LogP) is 3.61. The zero-order valence-corrected chi connectivity index (χ0v) is 10.2. The molecule has 74 valence electrons. The van der Waals surface area contributed by atoms with Crippen LogP contribution in [0.25, 0.3) is 0 Å². The van der Waals surface area contributed by atoms with Crippen LogP contribution in [0.1, 0.15) is 25.0 Å². The molecular weight excluding hydrogens is 208 g/mol. The van der Waals surface area contributed by atoms with Crippen molar-refractivity contribution in [3.05, 3.63) is 35.4 Å². The van der Waals surface area contributed by atoms with Gasteiger partial charge in [-0.15, -0.1) is 23.5 Å². The van der Waals surface area contributed by atoms with Gasteiger partial charge in [-0.05, 0) is 25.0 Å². The molecule has 2 fully saturated rings. The van der Waals surface area contributed by atoms with Crippen molar-refractivity contribution in [2.24, 2.45) is 0 Å². The number of thioether (sulfide) groups is 2. The highest BCUT2D eigenvalue weighted by molar-refractivity contribution is 8.07. The van der Waals surface area contributed by atoms with E-state index in [-0.39, 0.29) is 0 Å². The quantitative estimate of drug-likeness (QED) is 0.701. The van der Waals surface area contributed by atoms with Crippen molar-refractivity contribution in [3.8, 4) is 0 Å². The van der Waals surface area contributed by atoms with Crippen LogP contribution in [0.5, 0.6) is 0 Å². The van der Waals surface area contributed by atoms with Crippen LogP contribution < -0.4 is 0 Å². The molecule has 14 heavy (non-hydrogen) atoms. The molecule has 2 atom stereocenters. The fourth-order valence-electron chi connectivity index (χ4n) is 1.73. The lowest BCUT2D eigenvalue weighted by Gasteiger charge is -2.10. The van der Waals surface area contributed by atoms with Crippen LogP contribution in [-0.2, 0) is 9.49 Å². The van der Waals surface area contributed by atoms with E-state index in [1.165, 1.54) is 22.6 Å². The van der Waals surface area contributed by atoms with Crippen LogP contribution in [0.4, 0.5) is 0 Å². The lowest BCUT2D eigenvalue weighted by molar-refractivity contribution is 0.863. The van der Waals surface area contributed by atoms with Crippen LogP contribution >= 0.6 is 23.5 Å². The summed E-state index contributed by atoms with van der Waals surface area (Å²) in [6.07, 6.45) is 0. The Hall–Kier alpha value is -0.0800. The molecule has 1 aromatic rings. The van der Waals surface area contributed by atoms with Gasteiger partial charge in [-0.3, -0.25) is 0 Å². The van der Waals surface area contributed by atoms with Gasteiger partial charge in [-0.25, -0.2) is 0 Å². The highest BCUT2D eigenvalue weighted by atomic mass is 32.2. The van der Waals surface area contributed by atoms with Gasteiger partial charge >= 0.3 is 0 Å². The molecule has 1 aromatic carbocycles. The van der Waals surface area contributed by atoms with Crippen LogP contribution in [0, 0.1) is 0 Å². The number of rotatable bonds is 2. The Morgan fingerprint density at radius 1 is 0.857 bits per heavy atom. The first-order chi connectivity index (χ1) is 6.62. The molecule has 0 N–H and O–H groups in total. The summed E-state index contributed by atoms with van der Waals surface area (Å²) >= 11 is 4.09. The fraction of sp³-hybridized carbons (Fsp3) is 0.500. The van der Waals surface area contributed by atoms with E-state index in [2.05, 4.69) is 38.1 Å². The van der Waals surface area contributed by atoms with Crippen molar-refractivity contribution >= 4 is 23.5 Å². The monoisotopic (exact) mass is 222 g/mol. The molecule has 3 rings (SSSR count). The first kappa shape index (κ1) is 9.17. The van der Waals surface area contributed by atoms with Crippen molar-refractivity contribution in [1.82, 2.24) is 0 Å². The van der Waals surface area contributed by atoms with Gasteiger partial charge in [-0.1, -0.05) is 24.3 Å². The minimum Gasteiger partial charge on any atom is -0.148 e. The van der Waals surface area contributed by atoms with E-state index in [1.807, 2.05) is 23.5 Å². The highest BCUT2D eigenvalue weighted by Gasteiger charge is 2.42. The molecule has 0 nitrogen and oxygen atoms in total. The van der Waals surface area contributed by atoms with E-state index in [1.54, 1.807) is 0 Å². The second-order valence-electron chi connectivity index (χ2n) is 4.62. The zero-order chi connectivity index (χ0) is 9.81.